The Morgan fingerprint density at radius 2 is 2.00 bits per heavy atom. The molecule has 2 heteroatoms. The number of carbonyl (C=O) groups is 1. The number of rotatable bonds is 4. The molecule has 4 atom stereocenters. The number of hydrogen-bond donors (Lipinski definition) is 0. The summed E-state index contributed by atoms with van der Waals surface area (Å²) < 4.78 is 6.09. The predicted octanol–water partition coefficient (Wildman–Crippen LogP) is 3.59. The van der Waals surface area contributed by atoms with E-state index >= 15 is 0 Å². The lowest BCUT2D eigenvalue weighted by atomic mass is 9.68. The summed E-state index contributed by atoms with van der Waals surface area (Å²) in [6.07, 6.45) is 5.91. The highest BCUT2D eigenvalue weighted by molar-refractivity contribution is 5.88. The highest BCUT2D eigenvalue weighted by Crippen LogP contribution is 2.44. The molecule has 2 nitrogen and oxygen atoms in total. The Hall–Kier alpha value is -0.370. The van der Waals surface area contributed by atoms with E-state index in [1.54, 1.807) is 0 Å². The Balaban J connectivity index is 2.08. The van der Waals surface area contributed by atoms with Crippen LogP contribution in [0.15, 0.2) is 0 Å². The Morgan fingerprint density at radius 3 is 2.47 bits per heavy atom. The fourth-order valence-corrected chi connectivity index (χ4v) is 3.29. The van der Waals surface area contributed by atoms with Gasteiger partial charge in [-0.3, -0.25) is 4.79 Å². The Labute approximate surface area is 105 Å². The van der Waals surface area contributed by atoms with Gasteiger partial charge in [-0.2, -0.15) is 0 Å². The summed E-state index contributed by atoms with van der Waals surface area (Å²) in [5.41, 5.74) is -0.218. The fraction of sp³-hybridized carbons (Fsp3) is 0.933. The molecule has 3 fully saturated rings. The van der Waals surface area contributed by atoms with E-state index in [0.717, 1.165) is 6.42 Å². The second-order valence-electron chi connectivity index (χ2n) is 6.44. The number of hydrogen-bond acceptors (Lipinski definition) is 2. The second kappa shape index (κ2) is 4.72. The van der Waals surface area contributed by atoms with Gasteiger partial charge < -0.3 is 4.74 Å². The molecule has 3 aliphatic rings. The zero-order valence-corrected chi connectivity index (χ0v) is 11.7. The van der Waals surface area contributed by atoms with Gasteiger partial charge in [0.15, 0.2) is 5.78 Å². The van der Waals surface area contributed by atoms with Crippen LogP contribution in [0.4, 0.5) is 0 Å². The highest BCUT2D eigenvalue weighted by atomic mass is 16.5. The summed E-state index contributed by atoms with van der Waals surface area (Å²) in [7, 11) is 0. The van der Waals surface area contributed by atoms with E-state index in [1.807, 2.05) is 0 Å². The molecular weight excluding hydrogens is 212 g/mol. The predicted molar refractivity (Wildman–Crippen MR) is 68.9 cm³/mol. The quantitative estimate of drug-likeness (QED) is 0.748. The number of Topliss-reactive ketones (excluding diaryl/α,β-unsaturated/α-hetero) is 1. The van der Waals surface area contributed by atoms with Crippen molar-refractivity contribution in [3.8, 4) is 0 Å². The van der Waals surface area contributed by atoms with E-state index < -0.39 is 0 Å². The third kappa shape index (κ3) is 2.29. The van der Waals surface area contributed by atoms with Crippen molar-refractivity contribution in [1.82, 2.24) is 0 Å². The maximum absolute atomic E-state index is 12.5. The lowest BCUT2D eigenvalue weighted by Gasteiger charge is -2.48. The third-order valence-electron chi connectivity index (χ3n) is 5.04. The molecule has 1 aliphatic carbocycles. The average Bonchev–Trinajstić information content (AvgIpc) is 2.38. The molecule has 0 aromatic carbocycles. The summed E-state index contributed by atoms with van der Waals surface area (Å²) in [5.74, 6) is 1.52. The Bertz CT molecular complexity index is 295. The van der Waals surface area contributed by atoms with E-state index in [4.69, 9.17) is 4.74 Å². The van der Waals surface area contributed by atoms with Crippen molar-refractivity contribution in [3.63, 3.8) is 0 Å². The van der Waals surface area contributed by atoms with Crippen molar-refractivity contribution >= 4 is 5.78 Å². The van der Waals surface area contributed by atoms with Crippen LogP contribution >= 0.6 is 0 Å². The van der Waals surface area contributed by atoms with Crippen LogP contribution in [0.2, 0.25) is 0 Å². The zero-order chi connectivity index (χ0) is 12.6. The van der Waals surface area contributed by atoms with Gasteiger partial charge in [-0.05, 0) is 37.5 Å². The van der Waals surface area contributed by atoms with Crippen LogP contribution < -0.4 is 0 Å². The van der Waals surface area contributed by atoms with E-state index in [9.17, 15) is 4.79 Å². The Morgan fingerprint density at radius 1 is 1.29 bits per heavy atom. The van der Waals surface area contributed by atoms with Gasteiger partial charge in [0.2, 0.25) is 0 Å². The molecule has 2 bridgehead atoms. The third-order valence-corrected chi connectivity index (χ3v) is 5.04. The van der Waals surface area contributed by atoms with Crippen LogP contribution in [0.25, 0.3) is 0 Å². The molecule has 17 heavy (non-hydrogen) atoms. The Kier molecular flexibility index (Phi) is 3.63. The summed E-state index contributed by atoms with van der Waals surface area (Å²) in [6, 6.07) is 0. The minimum atomic E-state index is -0.218. The molecular formula is C15H26O2. The van der Waals surface area contributed by atoms with Gasteiger partial charge in [0, 0.05) is 5.41 Å². The lowest BCUT2D eigenvalue weighted by molar-refractivity contribution is -0.179. The van der Waals surface area contributed by atoms with Crippen LogP contribution in [0.1, 0.15) is 59.8 Å². The number of fused-ring (bicyclic) bond motifs is 3. The minimum absolute atomic E-state index is 0.105. The van der Waals surface area contributed by atoms with E-state index in [0.29, 0.717) is 23.7 Å². The minimum Gasteiger partial charge on any atom is -0.367 e. The van der Waals surface area contributed by atoms with Crippen LogP contribution in [-0.4, -0.2) is 18.0 Å². The number of ether oxygens (including phenoxy) is 1. The second-order valence-corrected chi connectivity index (χ2v) is 6.44. The van der Waals surface area contributed by atoms with Crippen molar-refractivity contribution in [2.75, 3.05) is 0 Å². The molecule has 0 aromatic heterocycles. The summed E-state index contributed by atoms with van der Waals surface area (Å²) in [6.45, 7) is 8.44. The van der Waals surface area contributed by atoms with Gasteiger partial charge in [0.05, 0.1) is 6.10 Å². The lowest BCUT2D eigenvalue weighted by Crippen LogP contribution is -2.52. The summed E-state index contributed by atoms with van der Waals surface area (Å²) in [4.78, 5) is 12.5. The standard InChI is InChI=1S/C15H26O2/c1-5-10-9-11-7-8-12(10)17-13(11)14(16)15(3,4)6-2/h10-13H,5-9H2,1-4H3. The topological polar surface area (TPSA) is 26.3 Å². The van der Waals surface area contributed by atoms with Crippen LogP contribution in [0, 0.1) is 17.3 Å². The molecule has 4 unspecified atom stereocenters. The number of ketones is 1. The van der Waals surface area contributed by atoms with E-state index in [1.165, 1.54) is 25.7 Å². The van der Waals surface area contributed by atoms with Gasteiger partial charge in [0.25, 0.3) is 0 Å². The van der Waals surface area contributed by atoms with Gasteiger partial charge in [-0.1, -0.05) is 34.1 Å². The molecule has 1 saturated carbocycles. The van der Waals surface area contributed by atoms with Crippen LogP contribution in [0.3, 0.4) is 0 Å². The van der Waals surface area contributed by atoms with Gasteiger partial charge >= 0.3 is 0 Å². The molecule has 3 rings (SSSR count). The molecule has 2 heterocycles. The molecule has 0 aromatic rings. The first-order valence-corrected chi connectivity index (χ1v) is 7.19. The SMILES string of the molecule is CCC1CC2CCC1OC2C(=O)C(C)(C)CC. The van der Waals surface area contributed by atoms with Crippen molar-refractivity contribution in [2.45, 2.75) is 72.0 Å². The molecule has 0 radical (unpaired) electrons. The molecule has 0 N–H and O–H groups in total. The van der Waals surface area contributed by atoms with Crippen LogP contribution in [0.5, 0.6) is 0 Å². The van der Waals surface area contributed by atoms with Crippen molar-refractivity contribution < 1.29 is 9.53 Å². The van der Waals surface area contributed by atoms with Gasteiger partial charge in [-0.25, -0.2) is 0 Å². The van der Waals surface area contributed by atoms with E-state index in [-0.39, 0.29) is 11.5 Å². The normalized spacial score (nSPS) is 37.2. The first-order chi connectivity index (χ1) is 7.99. The fourth-order valence-electron chi connectivity index (χ4n) is 3.29. The van der Waals surface area contributed by atoms with Gasteiger partial charge in [-0.15, -0.1) is 0 Å². The first-order valence-electron chi connectivity index (χ1n) is 7.19. The van der Waals surface area contributed by atoms with E-state index in [2.05, 4.69) is 27.7 Å². The number of carbonyl (C=O) groups excluding carboxylic acids is 1. The monoisotopic (exact) mass is 238 g/mol. The van der Waals surface area contributed by atoms with Crippen molar-refractivity contribution in [2.24, 2.45) is 17.3 Å². The molecule has 2 aliphatic heterocycles. The maximum atomic E-state index is 12.5. The molecule has 0 amide bonds. The zero-order valence-electron chi connectivity index (χ0n) is 11.7. The van der Waals surface area contributed by atoms with Crippen molar-refractivity contribution in [3.05, 3.63) is 0 Å². The van der Waals surface area contributed by atoms with Crippen LogP contribution in [-0.2, 0) is 9.53 Å². The average molecular weight is 238 g/mol. The molecule has 98 valence electrons. The molecule has 2 saturated heterocycles. The van der Waals surface area contributed by atoms with Crippen molar-refractivity contribution in [1.29, 1.82) is 0 Å². The van der Waals surface area contributed by atoms with Gasteiger partial charge in [0.1, 0.15) is 6.10 Å². The summed E-state index contributed by atoms with van der Waals surface area (Å²) in [5, 5.41) is 0. The molecule has 0 spiro atoms. The smallest absolute Gasteiger partial charge is 0.167 e. The maximum Gasteiger partial charge on any atom is 0.167 e. The largest absolute Gasteiger partial charge is 0.367 e. The summed E-state index contributed by atoms with van der Waals surface area (Å²) >= 11 is 0. The first kappa shape index (κ1) is 13.1. The highest BCUT2D eigenvalue weighted by Gasteiger charge is 2.47.